The molecule has 4 rings (SSSR count). The number of halogens is 2. The van der Waals surface area contributed by atoms with E-state index in [1.165, 1.54) is 62.9 Å². The highest BCUT2D eigenvalue weighted by atomic mass is 35.5. The zero-order valence-electron chi connectivity index (χ0n) is 14.0. The van der Waals surface area contributed by atoms with E-state index in [1.54, 1.807) is 0 Å². The summed E-state index contributed by atoms with van der Waals surface area (Å²) in [6, 6.07) is 5.55. The van der Waals surface area contributed by atoms with Gasteiger partial charge in [-0.2, -0.15) is 0 Å². The number of aromatic nitrogens is 3. The van der Waals surface area contributed by atoms with Crippen LogP contribution in [0.3, 0.4) is 0 Å². The molecule has 0 atom stereocenters. The Kier molecular flexibility index (Phi) is 6.72. The fourth-order valence-electron chi connectivity index (χ4n) is 4.03. The molecule has 2 fully saturated rings. The van der Waals surface area contributed by atoms with E-state index < -0.39 is 0 Å². The summed E-state index contributed by atoms with van der Waals surface area (Å²) in [7, 11) is 0. The van der Waals surface area contributed by atoms with Crippen molar-refractivity contribution in [1.29, 1.82) is 0 Å². The first-order valence-electron chi connectivity index (χ1n) is 8.79. The Bertz CT molecular complexity index is 645. The lowest BCUT2D eigenvalue weighted by molar-refractivity contribution is -0.564. The first kappa shape index (κ1) is 19.3. The average molecular weight is 372 g/mol. The van der Waals surface area contributed by atoms with Gasteiger partial charge in [0.15, 0.2) is 0 Å². The molecular weight excluding hydrogens is 345 g/mol. The molecule has 2 aromatic heterocycles. The largest absolute Gasteiger partial charge is 1.00 e. The summed E-state index contributed by atoms with van der Waals surface area (Å²) in [6.45, 7) is 0. The highest BCUT2D eigenvalue weighted by Gasteiger charge is 2.27. The molecule has 0 unspecified atom stereocenters. The quantitative estimate of drug-likeness (QED) is 0.478. The highest BCUT2D eigenvalue weighted by Crippen LogP contribution is 2.33. The SMILES string of the molecule is [Cl-].[Cl-].[NH3+]C1CCC(Nc2cc(C3CCCC3)nc3cc[nH][n+]23)CC1. The van der Waals surface area contributed by atoms with Crippen LogP contribution in [0.5, 0.6) is 0 Å². The van der Waals surface area contributed by atoms with Gasteiger partial charge < -0.3 is 35.9 Å². The van der Waals surface area contributed by atoms with Crippen LogP contribution in [0.15, 0.2) is 18.3 Å². The zero-order valence-corrected chi connectivity index (χ0v) is 15.5. The molecule has 2 saturated carbocycles. The average Bonchev–Trinajstić information content (AvgIpc) is 3.20. The molecule has 2 heterocycles. The van der Waals surface area contributed by atoms with E-state index in [1.807, 2.05) is 6.20 Å². The van der Waals surface area contributed by atoms with Gasteiger partial charge in [0.1, 0.15) is 5.69 Å². The van der Waals surface area contributed by atoms with E-state index in [0.29, 0.717) is 18.0 Å². The van der Waals surface area contributed by atoms with Crippen molar-refractivity contribution in [3.05, 3.63) is 24.0 Å². The van der Waals surface area contributed by atoms with E-state index in [2.05, 4.69) is 32.8 Å². The molecule has 0 aliphatic heterocycles. The fourth-order valence-corrected chi connectivity index (χ4v) is 4.03. The zero-order chi connectivity index (χ0) is 14.9. The number of H-pyrrole nitrogens is 1. The van der Waals surface area contributed by atoms with Gasteiger partial charge in [-0.1, -0.05) is 12.8 Å². The van der Waals surface area contributed by atoms with Crippen LogP contribution in [0.2, 0.25) is 0 Å². The van der Waals surface area contributed by atoms with E-state index >= 15 is 0 Å². The molecule has 0 spiro atoms. The first-order valence-corrected chi connectivity index (χ1v) is 8.79. The number of aromatic amines is 1. The molecule has 0 saturated heterocycles. The Balaban J connectivity index is 0.00000104. The van der Waals surface area contributed by atoms with Crippen molar-refractivity contribution in [2.24, 2.45) is 0 Å². The van der Waals surface area contributed by atoms with Gasteiger partial charge >= 0.3 is 0 Å². The van der Waals surface area contributed by atoms with Gasteiger partial charge in [0, 0.05) is 31.0 Å². The number of anilines is 1. The highest BCUT2D eigenvalue weighted by molar-refractivity contribution is 5.40. The van der Waals surface area contributed by atoms with Crippen molar-refractivity contribution < 1.29 is 35.1 Å². The number of hydrogen-bond donors (Lipinski definition) is 3. The molecule has 134 valence electrons. The van der Waals surface area contributed by atoms with Crippen LogP contribution in [0.4, 0.5) is 5.82 Å². The van der Waals surface area contributed by atoms with Crippen LogP contribution in [-0.2, 0) is 0 Å². The minimum absolute atomic E-state index is 0. The molecule has 7 heteroatoms. The standard InChI is InChI=1S/C17H25N5.2ClH/c18-13-5-7-14(8-6-13)20-17-11-15(12-3-1-2-4-12)21-16-9-10-19-22(16)17;;/h9-14H,1-8,18H2,(H,19,20,21);2*1H. The van der Waals surface area contributed by atoms with Gasteiger partial charge in [-0.15, -0.1) is 9.50 Å². The second kappa shape index (κ2) is 8.37. The van der Waals surface area contributed by atoms with Crippen molar-refractivity contribution in [2.75, 3.05) is 5.32 Å². The molecular formula is C17H27Cl2N5. The summed E-state index contributed by atoms with van der Waals surface area (Å²) >= 11 is 0. The molecule has 24 heavy (non-hydrogen) atoms. The van der Waals surface area contributed by atoms with Crippen molar-refractivity contribution in [3.63, 3.8) is 0 Å². The summed E-state index contributed by atoms with van der Waals surface area (Å²) < 4.78 is 2.08. The molecule has 0 aromatic carbocycles. The van der Waals surface area contributed by atoms with Gasteiger partial charge in [0.25, 0.3) is 5.65 Å². The number of nitrogens with one attached hydrogen (secondary N) is 2. The molecule has 5 nitrogen and oxygen atoms in total. The first-order chi connectivity index (χ1) is 10.8. The Morgan fingerprint density at radius 1 is 1.08 bits per heavy atom. The number of quaternary nitrogens is 1. The van der Waals surface area contributed by atoms with Gasteiger partial charge in [-0.3, -0.25) is 5.10 Å². The van der Waals surface area contributed by atoms with Crippen LogP contribution >= 0.6 is 0 Å². The Hall–Kier alpha value is -1.04. The van der Waals surface area contributed by atoms with Crippen LogP contribution in [0, 0.1) is 0 Å². The van der Waals surface area contributed by atoms with Gasteiger partial charge in [0.05, 0.1) is 18.2 Å². The smallest absolute Gasteiger partial charge is 0.286 e. The Morgan fingerprint density at radius 2 is 1.79 bits per heavy atom. The number of nitrogens with zero attached hydrogens (tertiary/aromatic N) is 2. The minimum Gasteiger partial charge on any atom is -1.00 e. The van der Waals surface area contributed by atoms with Crippen LogP contribution < -0.4 is 40.4 Å². The van der Waals surface area contributed by atoms with Gasteiger partial charge in [-0.25, -0.2) is 0 Å². The van der Waals surface area contributed by atoms with Crippen LogP contribution in [0.1, 0.15) is 63.0 Å². The Labute approximate surface area is 155 Å². The second-order valence-corrected chi connectivity index (χ2v) is 7.07. The van der Waals surface area contributed by atoms with Gasteiger partial charge in [0.2, 0.25) is 5.82 Å². The Morgan fingerprint density at radius 3 is 2.50 bits per heavy atom. The van der Waals surface area contributed by atoms with Gasteiger partial charge in [-0.05, 0) is 25.7 Å². The van der Waals surface area contributed by atoms with Crippen molar-refractivity contribution in [1.82, 2.24) is 10.1 Å². The van der Waals surface area contributed by atoms with E-state index in [4.69, 9.17) is 4.98 Å². The van der Waals surface area contributed by atoms with Crippen molar-refractivity contribution >= 4 is 11.5 Å². The third-order valence-electron chi connectivity index (χ3n) is 5.41. The summed E-state index contributed by atoms with van der Waals surface area (Å²) in [4.78, 5) is 4.86. The summed E-state index contributed by atoms with van der Waals surface area (Å²) in [6.07, 6.45) is 12.2. The lowest BCUT2D eigenvalue weighted by Crippen LogP contribution is -3.00. The second-order valence-electron chi connectivity index (χ2n) is 7.07. The monoisotopic (exact) mass is 371 g/mol. The molecule has 2 aliphatic rings. The number of rotatable bonds is 3. The topological polar surface area (TPSA) is 72.4 Å². The van der Waals surface area contributed by atoms with Crippen molar-refractivity contribution in [2.45, 2.75) is 69.4 Å². The molecule has 0 amide bonds. The van der Waals surface area contributed by atoms with E-state index in [0.717, 1.165) is 5.65 Å². The molecule has 2 aliphatic carbocycles. The lowest BCUT2D eigenvalue weighted by Gasteiger charge is -2.23. The van der Waals surface area contributed by atoms with Crippen LogP contribution in [-0.4, -0.2) is 22.2 Å². The molecule has 5 N–H and O–H groups in total. The maximum Gasteiger partial charge on any atom is 0.286 e. The molecule has 2 aromatic rings. The number of fused-ring (bicyclic) bond motifs is 1. The van der Waals surface area contributed by atoms with E-state index in [-0.39, 0.29) is 24.8 Å². The molecule has 0 radical (unpaired) electrons. The molecule has 0 bridgehead atoms. The van der Waals surface area contributed by atoms with E-state index in [9.17, 15) is 0 Å². The summed E-state index contributed by atoms with van der Waals surface area (Å²) in [5.41, 5.74) is 6.49. The predicted octanol–water partition coefficient (Wildman–Crippen LogP) is -4.22. The minimum atomic E-state index is 0. The summed E-state index contributed by atoms with van der Waals surface area (Å²) in [5.74, 6) is 1.82. The summed E-state index contributed by atoms with van der Waals surface area (Å²) in [5, 5.41) is 7.04. The maximum atomic E-state index is 4.86. The normalized spacial score (nSPS) is 24.4. The number of hydrogen-bond acceptors (Lipinski definition) is 2. The third-order valence-corrected chi connectivity index (χ3v) is 5.41. The predicted molar refractivity (Wildman–Crippen MR) is 85.5 cm³/mol. The van der Waals surface area contributed by atoms with Crippen LogP contribution in [0.25, 0.3) is 5.65 Å². The fraction of sp³-hybridized carbons (Fsp3) is 0.647. The van der Waals surface area contributed by atoms with Crippen molar-refractivity contribution in [3.8, 4) is 0 Å². The third kappa shape index (κ3) is 3.95. The maximum absolute atomic E-state index is 4.86. The lowest BCUT2D eigenvalue weighted by atomic mass is 9.92.